The van der Waals surface area contributed by atoms with E-state index in [-0.39, 0.29) is 18.2 Å². The predicted octanol–water partition coefficient (Wildman–Crippen LogP) is 3.43. The Balaban J connectivity index is 1.85. The first-order chi connectivity index (χ1) is 12.0. The summed E-state index contributed by atoms with van der Waals surface area (Å²) < 4.78 is 6.11. The minimum Gasteiger partial charge on any atom is -0.497 e. The number of carbonyl (C=O) groups excluding carboxylic acids is 2. The van der Waals surface area contributed by atoms with Gasteiger partial charge < -0.3 is 10.1 Å². The summed E-state index contributed by atoms with van der Waals surface area (Å²) in [5, 5.41) is 6.73. The molecule has 0 radical (unpaired) electrons. The molecule has 0 atom stereocenters. The van der Waals surface area contributed by atoms with Crippen LogP contribution in [0.5, 0.6) is 5.75 Å². The van der Waals surface area contributed by atoms with Gasteiger partial charge in [-0.25, -0.2) is 5.43 Å². The van der Waals surface area contributed by atoms with Gasteiger partial charge in [0.2, 0.25) is 5.91 Å². The Kier molecular flexibility index (Phi) is 6.93. The highest BCUT2D eigenvalue weighted by atomic mass is 127. The van der Waals surface area contributed by atoms with Gasteiger partial charge >= 0.3 is 0 Å². The third-order valence-electron chi connectivity index (χ3n) is 3.24. The summed E-state index contributed by atoms with van der Waals surface area (Å²) in [7, 11) is 1.58. The number of halogens is 1. The lowest BCUT2D eigenvalue weighted by molar-refractivity contribution is -0.115. The summed E-state index contributed by atoms with van der Waals surface area (Å²) in [6, 6.07) is 14.2. The fourth-order valence-corrected chi connectivity index (χ4v) is 2.32. The Hall–Kier alpha value is -2.42. The number of carbonyl (C=O) groups is 2. The van der Waals surface area contributed by atoms with Gasteiger partial charge in [0.05, 0.1) is 13.5 Å². The molecule has 0 unspecified atom stereocenters. The molecule has 7 heteroatoms. The molecule has 2 N–H and O–H groups in total. The fraction of sp³-hybridized carbons (Fsp3) is 0.167. The normalized spacial score (nSPS) is 10.9. The van der Waals surface area contributed by atoms with E-state index >= 15 is 0 Å². The van der Waals surface area contributed by atoms with Gasteiger partial charge in [-0.2, -0.15) is 5.10 Å². The first-order valence-electron chi connectivity index (χ1n) is 7.51. The van der Waals surface area contributed by atoms with Crippen LogP contribution in [0, 0.1) is 3.57 Å². The summed E-state index contributed by atoms with van der Waals surface area (Å²) in [5.74, 6) is 0.190. The van der Waals surface area contributed by atoms with Gasteiger partial charge in [-0.15, -0.1) is 0 Å². The molecule has 0 aliphatic heterocycles. The third-order valence-corrected chi connectivity index (χ3v) is 3.96. The van der Waals surface area contributed by atoms with Crippen molar-refractivity contribution in [3.8, 4) is 5.75 Å². The summed E-state index contributed by atoms with van der Waals surface area (Å²) in [6.07, 6.45) is 0.0823. The lowest BCUT2D eigenvalue weighted by Gasteiger charge is -2.06. The highest BCUT2D eigenvalue weighted by Crippen LogP contribution is 2.15. The summed E-state index contributed by atoms with van der Waals surface area (Å²) in [6.45, 7) is 1.68. The Morgan fingerprint density at radius 2 is 1.72 bits per heavy atom. The second-order valence-corrected chi connectivity index (χ2v) is 6.49. The molecule has 0 aliphatic rings. The van der Waals surface area contributed by atoms with Crippen LogP contribution in [-0.2, 0) is 4.79 Å². The summed E-state index contributed by atoms with van der Waals surface area (Å²) in [4.78, 5) is 24.0. The number of hydrazone groups is 1. The van der Waals surface area contributed by atoms with Crippen molar-refractivity contribution >= 4 is 45.8 Å². The van der Waals surface area contributed by atoms with Crippen LogP contribution in [0.2, 0.25) is 0 Å². The van der Waals surface area contributed by atoms with Crippen LogP contribution in [0.1, 0.15) is 23.7 Å². The molecule has 0 bridgehead atoms. The number of amides is 2. The number of nitrogens with zero attached hydrogens (tertiary/aromatic N) is 1. The molecule has 130 valence electrons. The van der Waals surface area contributed by atoms with Gasteiger partial charge in [0.1, 0.15) is 5.75 Å². The van der Waals surface area contributed by atoms with E-state index in [0.29, 0.717) is 22.7 Å². The molecule has 2 aromatic carbocycles. The minimum atomic E-state index is -0.314. The van der Waals surface area contributed by atoms with E-state index in [0.717, 1.165) is 3.57 Å². The molecule has 0 fully saturated rings. The summed E-state index contributed by atoms with van der Waals surface area (Å²) in [5.41, 5.74) is 4.14. The van der Waals surface area contributed by atoms with Crippen molar-refractivity contribution in [2.24, 2.45) is 5.10 Å². The number of hydrogen-bond acceptors (Lipinski definition) is 4. The Morgan fingerprint density at radius 3 is 2.32 bits per heavy atom. The smallest absolute Gasteiger partial charge is 0.271 e. The molecular weight excluding hydrogens is 433 g/mol. The molecule has 0 aliphatic carbocycles. The molecule has 0 aromatic heterocycles. The molecule has 25 heavy (non-hydrogen) atoms. The Labute approximate surface area is 159 Å². The van der Waals surface area contributed by atoms with Crippen molar-refractivity contribution in [3.63, 3.8) is 0 Å². The number of hydrogen-bond donors (Lipinski definition) is 2. The number of rotatable bonds is 6. The van der Waals surface area contributed by atoms with Gasteiger partial charge in [0, 0.05) is 20.5 Å². The lowest BCUT2D eigenvalue weighted by atomic mass is 10.2. The van der Waals surface area contributed by atoms with Gasteiger partial charge in [0.15, 0.2) is 0 Å². The van der Waals surface area contributed by atoms with Crippen LogP contribution in [0.25, 0.3) is 0 Å². The zero-order valence-electron chi connectivity index (χ0n) is 13.9. The lowest BCUT2D eigenvalue weighted by Crippen LogP contribution is -2.21. The number of benzene rings is 2. The average Bonchev–Trinajstić information content (AvgIpc) is 2.61. The van der Waals surface area contributed by atoms with Crippen LogP contribution in [0.3, 0.4) is 0 Å². The van der Waals surface area contributed by atoms with Crippen LogP contribution < -0.4 is 15.5 Å². The molecule has 0 spiro atoms. The highest BCUT2D eigenvalue weighted by Gasteiger charge is 2.07. The van der Waals surface area contributed by atoms with Crippen molar-refractivity contribution in [1.29, 1.82) is 0 Å². The molecule has 2 rings (SSSR count). The third kappa shape index (κ3) is 6.18. The number of ether oxygens (including phenoxy) is 1. The fourth-order valence-electron chi connectivity index (χ4n) is 1.96. The Bertz CT molecular complexity index is 771. The first kappa shape index (κ1) is 18.9. The topological polar surface area (TPSA) is 79.8 Å². The maximum atomic E-state index is 12.0. The van der Waals surface area contributed by atoms with Crippen LogP contribution in [-0.4, -0.2) is 24.6 Å². The molecule has 0 heterocycles. The van der Waals surface area contributed by atoms with Crippen molar-refractivity contribution in [2.75, 3.05) is 12.4 Å². The van der Waals surface area contributed by atoms with E-state index in [2.05, 4.69) is 38.4 Å². The second-order valence-electron chi connectivity index (χ2n) is 5.25. The quantitative estimate of drug-likeness (QED) is 0.401. The van der Waals surface area contributed by atoms with Crippen LogP contribution in [0.4, 0.5) is 5.69 Å². The van der Waals surface area contributed by atoms with Crippen LogP contribution >= 0.6 is 22.6 Å². The van der Waals surface area contributed by atoms with Gasteiger partial charge in [0.25, 0.3) is 5.91 Å². The zero-order chi connectivity index (χ0) is 18.2. The second kappa shape index (κ2) is 9.16. The maximum Gasteiger partial charge on any atom is 0.271 e. The zero-order valence-corrected chi connectivity index (χ0v) is 16.0. The van der Waals surface area contributed by atoms with Gasteiger partial charge in [-0.1, -0.05) is 0 Å². The van der Waals surface area contributed by atoms with Crippen molar-refractivity contribution in [1.82, 2.24) is 5.43 Å². The van der Waals surface area contributed by atoms with E-state index < -0.39 is 0 Å². The van der Waals surface area contributed by atoms with Crippen molar-refractivity contribution < 1.29 is 14.3 Å². The molecule has 2 amide bonds. The number of nitrogens with one attached hydrogen (secondary N) is 2. The van der Waals surface area contributed by atoms with E-state index in [1.807, 2.05) is 12.1 Å². The largest absolute Gasteiger partial charge is 0.497 e. The van der Waals surface area contributed by atoms with E-state index in [1.165, 1.54) is 0 Å². The van der Waals surface area contributed by atoms with Gasteiger partial charge in [-0.3, -0.25) is 9.59 Å². The van der Waals surface area contributed by atoms with Crippen LogP contribution in [0.15, 0.2) is 53.6 Å². The maximum absolute atomic E-state index is 12.0. The number of anilines is 1. The predicted molar refractivity (Wildman–Crippen MR) is 106 cm³/mol. The molecular formula is C18H18IN3O3. The van der Waals surface area contributed by atoms with E-state index in [9.17, 15) is 9.59 Å². The van der Waals surface area contributed by atoms with Gasteiger partial charge in [-0.05, 0) is 78.0 Å². The van der Waals surface area contributed by atoms with Crippen molar-refractivity contribution in [3.05, 3.63) is 57.7 Å². The molecule has 2 aromatic rings. The molecule has 0 saturated carbocycles. The highest BCUT2D eigenvalue weighted by molar-refractivity contribution is 14.1. The summed E-state index contributed by atoms with van der Waals surface area (Å²) >= 11 is 2.17. The monoisotopic (exact) mass is 451 g/mol. The van der Waals surface area contributed by atoms with E-state index in [1.54, 1.807) is 50.4 Å². The standard InChI is InChI=1S/C18H18IN3O3/c1-12(21-22-18(24)13-3-5-14(19)6-4-13)11-17(23)20-15-7-9-16(25-2)10-8-15/h3-10H,11H2,1-2H3,(H,20,23)(H,22,24)/b21-12+. The molecule has 0 saturated heterocycles. The number of methoxy groups -OCH3 is 1. The van der Waals surface area contributed by atoms with Crippen molar-refractivity contribution in [2.45, 2.75) is 13.3 Å². The van der Waals surface area contributed by atoms with E-state index in [4.69, 9.17) is 4.74 Å². The average molecular weight is 451 g/mol. The minimum absolute atomic E-state index is 0.0823. The molecule has 6 nitrogen and oxygen atoms in total. The Morgan fingerprint density at radius 1 is 1.08 bits per heavy atom. The SMILES string of the molecule is COc1ccc(NC(=O)C/C(C)=N/NC(=O)c2ccc(I)cc2)cc1. The first-order valence-corrected chi connectivity index (χ1v) is 8.59.